The number of carbonyl (C=O) groups excluding carboxylic acids is 1. The molecule has 2 saturated heterocycles. The average Bonchev–Trinajstić information content (AvgIpc) is 2.84. The third-order valence-electron chi connectivity index (χ3n) is 4.83. The minimum absolute atomic E-state index is 0.156. The molecule has 2 rings (SSSR count). The van der Waals surface area contributed by atoms with Gasteiger partial charge in [-0.05, 0) is 51.6 Å². The van der Waals surface area contributed by atoms with Gasteiger partial charge < -0.3 is 15.4 Å². The fraction of sp³-hybridized carbons (Fsp3) is 0.933. The van der Waals surface area contributed by atoms with Gasteiger partial charge in [0.25, 0.3) is 0 Å². The van der Waals surface area contributed by atoms with Crippen molar-refractivity contribution in [1.29, 1.82) is 0 Å². The second kappa shape index (κ2) is 5.80. The molecule has 2 heterocycles. The molecule has 1 amide bonds. The Hall–Kier alpha value is -0.610. The second-order valence-electron chi connectivity index (χ2n) is 6.85. The molecule has 0 aromatic carbocycles. The van der Waals surface area contributed by atoms with Crippen molar-refractivity contribution in [2.75, 3.05) is 26.2 Å². The fourth-order valence-corrected chi connectivity index (χ4v) is 3.12. The van der Waals surface area contributed by atoms with Gasteiger partial charge in [-0.3, -0.25) is 4.79 Å². The Kier molecular flexibility index (Phi) is 4.51. The van der Waals surface area contributed by atoms with Crippen molar-refractivity contribution in [2.24, 2.45) is 11.3 Å². The summed E-state index contributed by atoms with van der Waals surface area (Å²) in [6.07, 6.45) is 4.45. The molecule has 0 bridgehead atoms. The third kappa shape index (κ3) is 3.48. The Balaban J connectivity index is 1.86. The van der Waals surface area contributed by atoms with Crippen LogP contribution in [0, 0.1) is 11.3 Å². The molecule has 2 aliphatic heterocycles. The zero-order valence-corrected chi connectivity index (χ0v) is 12.6. The predicted octanol–water partition coefficient (Wildman–Crippen LogP) is 1.70. The Morgan fingerprint density at radius 2 is 2.26 bits per heavy atom. The molecular formula is C15H28N2O2. The summed E-state index contributed by atoms with van der Waals surface area (Å²) >= 11 is 0. The molecule has 4 heteroatoms. The van der Waals surface area contributed by atoms with Gasteiger partial charge in [-0.1, -0.05) is 13.8 Å². The first-order valence-electron chi connectivity index (χ1n) is 7.57. The molecule has 19 heavy (non-hydrogen) atoms. The van der Waals surface area contributed by atoms with E-state index < -0.39 is 0 Å². The number of ether oxygens (including phenoxy) is 1. The number of nitrogens with one attached hydrogen (secondary N) is 2. The number of amides is 1. The van der Waals surface area contributed by atoms with E-state index in [1.165, 1.54) is 6.42 Å². The molecule has 4 nitrogen and oxygen atoms in total. The van der Waals surface area contributed by atoms with Gasteiger partial charge in [0.15, 0.2) is 0 Å². The van der Waals surface area contributed by atoms with Crippen LogP contribution in [0.1, 0.15) is 46.5 Å². The Labute approximate surface area is 116 Å². The largest absolute Gasteiger partial charge is 0.373 e. The van der Waals surface area contributed by atoms with Crippen molar-refractivity contribution in [3.8, 4) is 0 Å². The minimum Gasteiger partial charge on any atom is -0.373 e. The molecule has 0 radical (unpaired) electrons. The Morgan fingerprint density at radius 3 is 2.84 bits per heavy atom. The zero-order valence-electron chi connectivity index (χ0n) is 12.6. The summed E-state index contributed by atoms with van der Waals surface area (Å²) in [4.78, 5) is 12.5. The van der Waals surface area contributed by atoms with E-state index >= 15 is 0 Å². The molecule has 2 atom stereocenters. The lowest BCUT2D eigenvalue weighted by Crippen LogP contribution is -2.50. The quantitative estimate of drug-likeness (QED) is 0.816. The molecule has 0 saturated carbocycles. The van der Waals surface area contributed by atoms with E-state index in [4.69, 9.17) is 4.74 Å². The van der Waals surface area contributed by atoms with E-state index in [1.54, 1.807) is 0 Å². The highest BCUT2D eigenvalue weighted by atomic mass is 16.5. The van der Waals surface area contributed by atoms with Crippen LogP contribution < -0.4 is 10.6 Å². The van der Waals surface area contributed by atoms with Crippen LogP contribution in [0.2, 0.25) is 0 Å². The maximum Gasteiger partial charge on any atom is 0.226 e. The SMILES string of the molecule is CC1(CNC(=O)C(C)(C)C2CCCNC2)CCCO1. The van der Waals surface area contributed by atoms with Gasteiger partial charge in [0.2, 0.25) is 5.91 Å². The van der Waals surface area contributed by atoms with Crippen LogP contribution in [-0.2, 0) is 9.53 Å². The van der Waals surface area contributed by atoms with Gasteiger partial charge in [0, 0.05) is 18.6 Å². The monoisotopic (exact) mass is 268 g/mol. The first-order valence-corrected chi connectivity index (χ1v) is 7.57. The summed E-state index contributed by atoms with van der Waals surface area (Å²) in [5.74, 6) is 0.594. The summed E-state index contributed by atoms with van der Waals surface area (Å²) in [5.41, 5.74) is -0.459. The second-order valence-corrected chi connectivity index (χ2v) is 6.85. The van der Waals surface area contributed by atoms with Crippen molar-refractivity contribution in [2.45, 2.75) is 52.1 Å². The maximum absolute atomic E-state index is 12.5. The van der Waals surface area contributed by atoms with Crippen molar-refractivity contribution in [3.63, 3.8) is 0 Å². The molecule has 2 fully saturated rings. The lowest BCUT2D eigenvalue weighted by atomic mass is 9.74. The smallest absolute Gasteiger partial charge is 0.226 e. The summed E-state index contributed by atoms with van der Waals surface area (Å²) in [5, 5.41) is 6.51. The van der Waals surface area contributed by atoms with Crippen molar-refractivity contribution < 1.29 is 9.53 Å². The molecule has 0 aromatic heterocycles. The van der Waals surface area contributed by atoms with Crippen LogP contribution in [0.3, 0.4) is 0 Å². The number of rotatable bonds is 4. The summed E-state index contributed by atoms with van der Waals surface area (Å²) in [7, 11) is 0. The van der Waals surface area contributed by atoms with Crippen LogP contribution in [0.4, 0.5) is 0 Å². The molecular weight excluding hydrogens is 240 g/mol. The van der Waals surface area contributed by atoms with Crippen molar-refractivity contribution in [1.82, 2.24) is 10.6 Å². The Morgan fingerprint density at radius 1 is 1.47 bits per heavy atom. The minimum atomic E-state index is -0.303. The zero-order chi connectivity index (χ0) is 13.9. The lowest BCUT2D eigenvalue weighted by Gasteiger charge is -2.37. The topological polar surface area (TPSA) is 50.4 Å². The van der Waals surface area contributed by atoms with Gasteiger partial charge in [0.1, 0.15) is 0 Å². The highest BCUT2D eigenvalue weighted by Crippen LogP contribution is 2.32. The number of hydrogen-bond donors (Lipinski definition) is 2. The molecule has 2 unspecified atom stereocenters. The summed E-state index contributed by atoms with van der Waals surface area (Å²) in [6.45, 7) is 9.72. The van der Waals surface area contributed by atoms with Crippen LogP contribution in [0.25, 0.3) is 0 Å². The van der Waals surface area contributed by atoms with Crippen molar-refractivity contribution in [3.05, 3.63) is 0 Å². The summed E-state index contributed by atoms with van der Waals surface area (Å²) < 4.78 is 5.72. The molecule has 2 N–H and O–H groups in total. The number of hydrogen-bond acceptors (Lipinski definition) is 3. The van der Waals surface area contributed by atoms with Crippen LogP contribution in [0.15, 0.2) is 0 Å². The van der Waals surface area contributed by atoms with Crippen molar-refractivity contribution >= 4 is 5.91 Å². The van der Waals surface area contributed by atoms with E-state index in [2.05, 4.69) is 31.4 Å². The van der Waals surface area contributed by atoms with Crippen LogP contribution in [-0.4, -0.2) is 37.7 Å². The lowest BCUT2D eigenvalue weighted by molar-refractivity contribution is -0.133. The maximum atomic E-state index is 12.5. The van der Waals surface area contributed by atoms with Crippen LogP contribution >= 0.6 is 0 Å². The van der Waals surface area contributed by atoms with E-state index in [9.17, 15) is 4.79 Å². The Bertz CT molecular complexity index is 316. The van der Waals surface area contributed by atoms with Gasteiger partial charge in [0.05, 0.1) is 5.60 Å². The standard InChI is InChI=1S/C15H28N2O2/c1-14(2,12-6-4-8-16-10-12)13(18)17-11-15(3)7-5-9-19-15/h12,16H,4-11H2,1-3H3,(H,17,18). The average molecular weight is 268 g/mol. The molecule has 0 aromatic rings. The first-order chi connectivity index (χ1) is 8.94. The van der Waals surface area contributed by atoms with E-state index in [0.717, 1.165) is 39.0 Å². The van der Waals surface area contributed by atoms with Crippen LogP contribution in [0.5, 0.6) is 0 Å². The highest BCUT2D eigenvalue weighted by molar-refractivity contribution is 5.82. The predicted molar refractivity (Wildman–Crippen MR) is 76.0 cm³/mol. The third-order valence-corrected chi connectivity index (χ3v) is 4.83. The van der Waals surface area contributed by atoms with Gasteiger partial charge in [-0.2, -0.15) is 0 Å². The van der Waals surface area contributed by atoms with E-state index in [1.807, 2.05) is 0 Å². The molecule has 110 valence electrons. The molecule has 2 aliphatic rings. The fourth-order valence-electron chi connectivity index (χ4n) is 3.12. The first kappa shape index (κ1) is 14.8. The van der Waals surface area contributed by atoms with Gasteiger partial charge >= 0.3 is 0 Å². The highest BCUT2D eigenvalue weighted by Gasteiger charge is 2.38. The van der Waals surface area contributed by atoms with E-state index in [-0.39, 0.29) is 16.9 Å². The van der Waals surface area contributed by atoms with Gasteiger partial charge in [-0.15, -0.1) is 0 Å². The number of piperidine rings is 1. The van der Waals surface area contributed by atoms with Gasteiger partial charge in [-0.25, -0.2) is 0 Å². The molecule has 0 aliphatic carbocycles. The normalized spacial score (nSPS) is 32.3. The molecule has 0 spiro atoms. The van der Waals surface area contributed by atoms with E-state index in [0.29, 0.717) is 12.5 Å². The number of carbonyl (C=O) groups is 1. The summed E-state index contributed by atoms with van der Waals surface area (Å²) in [6, 6.07) is 0.